The third kappa shape index (κ3) is 4.72. The summed E-state index contributed by atoms with van der Waals surface area (Å²) in [5.74, 6) is 0.443. The fourth-order valence-electron chi connectivity index (χ4n) is 3.91. The highest BCUT2D eigenvalue weighted by Crippen LogP contribution is 2.21. The Hall–Kier alpha value is -3.08. The maximum atomic E-state index is 13.2. The smallest absolute Gasteiger partial charge is 0.293 e. The first-order valence-corrected chi connectivity index (χ1v) is 11.8. The van der Waals surface area contributed by atoms with Crippen molar-refractivity contribution in [2.45, 2.75) is 30.2 Å². The summed E-state index contributed by atoms with van der Waals surface area (Å²) in [6.07, 6.45) is 2.25. The maximum absolute atomic E-state index is 13.2. The number of sulfonamides is 1. The van der Waals surface area contributed by atoms with E-state index in [0.717, 1.165) is 18.4 Å². The van der Waals surface area contributed by atoms with Gasteiger partial charge in [-0.1, -0.05) is 30.3 Å². The Kier molecular flexibility index (Phi) is 6.35. The number of amides is 1. The van der Waals surface area contributed by atoms with Gasteiger partial charge < -0.3 is 9.64 Å². The predicted molar refractivity (Wildman–Crippen MR) is 118 cm³/mol. The summed E-state index contributed by atoms with van der Waals surface area (Å²) >= 11 is 0. The largest absolute Gasteiger partial charge is 0.383 e. The molecule has 168 valence electrons. The molecule has 2 aromatic carbocycles. The third-order valence-corrected chi connectivity index (χ3v) is 6.41. The van der Waals surface area contributed by atoms with Crippen LogP contribution in [0.25, 0.3) is 5.69 Å². The second-order valence-electron chi connectivity index (χ2n) is 7.71. The molecule has 0 unspecified atom stereocenters. The molecule has 1 fully saturated rings. The van der Waals surface area contributed by atoms with Crippen molar-refractivity contribution in [1.29, 1.82) is 0 Å². The summed E-state index contributed by atoms with van der Waals surface area (Å²) in [6, 6.07) is 15.8. The van der Waals surface area contributed by atoms with Crippen LogP contribution in [0, 0.1) is 0 Å². The minimum Gasteiger partial charge on any atom is -0.383 e. The van der Waals surface area contributed by atoms with Gasteiger partial charge in [0.15, 0.2) is 0 Å². The van der Waals surface area contributed by atoms with E-state index in [1.165, 1.54) is 12.1 Å². The zero-order valence-corrected chi connectivity index (χ0v) is 18.5. The Bertz CT molecular complexity index is 1190. The van der Waals surface area contributed by atoms with Crippen molar-refractivity contribution >= 4 is 15.9 Å². The second-order valence-corrected chi connectivity index (χ2v) is 9.28. The SMILES string of the molecule is COC[C@H]1CCCN1C(=O)c1nc(Cc2ccccc2)n(-c2ccc(S(N)(=O)=O)cc2)n1. The van der Waals surface area contributed by atoms with Crippen LogP contribution >= 0.6 is 0 Å². The Morgan fingerprint density at radius 2 is 1.88 bits per heavy atom. The van der Waals surface area contributed by atoms with Gasteiger partial charge in [-0.25, -0.2) is 23.2 Å². The Labute approximate surface area is 186 Å². The molecule has 1 aliphatic rings. The second kappa shape index (κ2) is 9.19. The maximum Gasteiger partial charge on any atom is 0.293 e. The van der Waals surface area contributed by atoms with Gasteiger partial charge in [-0.3, -0.25) is 4.79 Å². The number of carbonyl (C=O) groups excluding carboxylic acids is 1. The van der Waals surface area contributed by atoms with E-state index in [2.05, 4.69) is 10.1 Å². The number of hydrogen-bond donors (Lipinski definition) is 1. The number of nitrogens with two attached hydrogens (primary N) is 1. The molecule has 0 saturated carbocycles. The highest BCUT2D eigenvalue weighted by Gasteiger charge is 2.32. The molecule has 32 heavy (non-hydrogen) atoms. The van der Waals surface area contributed by atoms with E-state index in [4.69, 9.17) is 9.88 Å². The fraction of sp³-hybridized carbons (Fsp3) is 0.318. The minimum absolute atomic E-state index is 0.00162. The van der Waals surface area contributed by atoms with Gasteiger partial charge in [0.05, 0.1) is 23.2 Å². The predicted octanol–water partition coefficient (Wildman–Crippen LogP) is 1.76. The zero-order chi connectivity index (χ0) is 22.7. The van der Waals surface area contributed by atoms with Crippen LogP contribution < -0.4 is 5.14 Å². The van der Waals surface area contributed by atoms with Gasteiger partial charge in [0, 0.05) is 20.1 Å². The van der Waals surface area contributed by atoms with Crippen molar-refractivity contribution in [1.82, 2.24) is 19.7 Å². The average molecular weight is 456 g/mol. The molecule has 1 amide bonds. The first kappa shape index (κ1) is 22.1. The number of primary sulfonamides is 1. The van der Waals surface area contributed by atoms with Crippen LogP contribution in [0.1, 0.15) is 34.8 Å². The van der Waals surface area contributed by atoms with Crippen LogP contribution in [0.15, 0.2) is 59.5 Å². The first-order valence-electron chi connectivity index (χ1n) is 10.3. The summed E-state index contributed by atoms with van der Waals surface area (Å²) in [7, 11) is -2.19. The van der Waals surface area contributed by atoms with Gasteiger partial charge >= 0.3 is 0 Å². The molecule has 0 spiro atoms. The van der Waals surface area contributed by atoms with Crippen molar-refractivity contribution in [2.24, 2.45) is 5.14 Å². The van der Waals surface area contributed by atoms with Gasteiger partial charge in [0.1, 0.15) is 5.82 Å². The monoisotopic (exact) mass is 455 g/mol. The van der Waals surface area contributed by atoms with Gasteiger partial charge in [0.2, 0.25) is 15.8 Å². The van der Waals surface area contributed by atoms with Gasteiger partial charge in [0.25, 0.3) is 5.91 Å². The van der Waals surface area contributed by atoms with Crippen molar-refractivity contribution in [3.8, 4) is 5.69 Å². The quantitative estimate of drug-likeness (QED) is 0.580. The van der Waals surface area contributed by atoms with Crippen molar-refractivity contribution < 1.29 is 17.9 Å². The van der Waals surface area contributed by atoms with Crippen molar-refractivity contribution in [3.63, 3.8) is 0 Å². The molecule has 9 nitrogen and oxygen atoms in total. The lowest BCUT2D eigenvalue weighted by Crippen LogP contribution is -2.38. The molecular weight excluding hydrogens is 430 g/mol. The average Bonchev–Trinajstić information content (AvgIpc) is 3.41. The number of likely N-dealkylation sites (tertiary alicyclic amines) is 1. The number of aromatic nitrogens is 3. The molecular formula is C22H25N5O4S. The minimum atomic E-state index is -3.81. The Morgan fingerprint density at radius 3 is 2.53 bits per heavy atom. The molecule has 0 radical (unpaired) electrons. The van der Waals surface area contributed by atoms with Gasteiger partial charge in [-0.2, -0.15) is 0 Å². The van der Waals surface area contributed by atoms with Crippen LogP contribution in [-0.2, 0) is 21.2 Å². The lowest BCUT2D eigenvalue weighted by molar-refractivity contribution is 0.0619. The fourth-order valence-corrected chi connectivity index (χ4v) is 4.42. The standard InChI is InChI=1S/C22H25N5O4S/c1-31-15-18-8-5-13-26(18)22(28)21-24-20(14-16-6-3-2-4-7-16)27(25-21)17-9-11-19(12-10-17)32(23,29)30/h2-4,6-7,9-12,18H,5,8,13-15H2,1H3,(H2,23,29,30)/t18-/m1/s1. The number of ether oxygens (including phenoxy) is 1. The summed E-state index contributed by atoms with van der Waals surface area (Å²) in [5, 5.41) is 9.71. The molecule has 2 heterocycles. The lowest BCUT2D eigenvalue weighted by Gasteiger charge is -2.22. The van der Waals surface area contributed by atoms with E-state index in [9.17, 15) is 13.2 Å². The van der Waals surface area contributed by atoms with E-state index < -0.39 is 10.0 Å². The van der Waals surface area contributed by atoms with Crippen molar-refractivity contribution in [3.05, 3.63) is 71.8 Å². The molecule has 1 aliphatic heterocycles. The number of nitrogens with zero attached hydrogens (tertiary/aromatic N) is 4. The number of methoxy groups -OCH3 is 1. The van der Waals surface area contributed by atoms with Crippen LogP contribution in [-0.4, -0.2) is 60.3 Å². The number of rotatable bonds is 7. The van der Waals surface area contributed by atoms with E-state index >= 15 is 0 Å². The highest BCUT2D eigenvalue weighted by molar-refractivity contribution is 7.89. The molecule has 4 rings (SSSR count). The van der Waals surface area contributed by atoms with Crippen LogP contribution in [0.4, 0.5) is 0 Å². The topological polar surface area (TPSA) is 120 Å². The van der Waals surface area contributed by atoms with Gasteiger partial charge in [-0.15, -0.1) is 5.10 Å². The molecule has 0 bridgehead atoms. The van der Waals surface area contributed by atoms with Crippen LogP contribution in [0.2, 0.25) is 0 Å². The Balaban J connectivity index is 1.71. The summed E-state index contributed by atoms with van der Waals surface area (Å²) in [5.41, 5.74) is 1.60. The third-order valence-electron chi connectivity index (χ3n) is 5.48. The van der Waals surface area contributed by atoms with E-state index in [1.807, 2.05) is 30.3 Å². The zero-order valence-electron chi connectivity index (χ0n) is 17.7. The first-order chi connectivity index (χ1) is 15.4. The Morgan fingerprint density at radius 1 is 1.16 bits per heavy atom. The van der Waals surface area contributed by atoms with Crippen LogP contribution in [0.5, 0.6) is 0 Å². The van der Waals surface area contributed by atoms with Crippen LogP contribution in [0.3, 0.4) is 0 Å². The number of benzene rings is 2. The highest BCUT2D eigenvalue weighted by atomic mass is 32.2. The van der Waals surface area contributed by atoms with E-state index in [1.54, 1.807) is 28.8 Å². The molecule has 10 heteroatoms. The molecule has 1 atom stereocenters. The van der Waals surface area contributed by atoms with Gasteiger partial charge in [-0.05, 0) is 42.7 Å². The van der Waals surface area contributed by atoms with E-state index in [-0.39, 0.29) is 22.7 Å². The lowest BCUT2D eigenvalue weighted by atomic mass is 10.1. The summed E-state index contributed by atoms with van der Waals surface area (Å²) in [4.78, 5) is 19.5. The molecule has 2 N–H and O–H groups in total. The molecule has 1 saturated heterocycles. The van der Waals surface area contributed by atoms with Crippen molar-refractivity contribution in [2.75, 3.05) is 20.3 Å². The van der Waals surface area contributed by atoms with E-state index in [0.29, 0.717) is 31.1 Å². The summed E-state index contributed by atoms with van der Waals surface area (Å²) < 4.78 is 30.0. The summed E-state index contributed by atoms with van der Waals surface area (Å²) in [6.45, 7) is 1.11. The molecule has 1 aromatic heterocycles. The molecule has 0 aliphatic carbocycles. The normalized spacial score (nSPS) is 16.4. The number of carbonyl (C=O) groups is 1. The molecule has 3 aromatic rings. The number of hydrogen-bond acceptors (Lipinski definition) is 6.